The first-order valence-corrected chi connectivity index (χ1v) is 16.0. The Bertz CT molecular complexity index is 1220. The molecule has 0 aromatic heterocycles. The van der Waals surface area contributed by atoms with Crippen LogP contribution in [0.3, 0.4) is 0 Å². The van der Waals surface area contributed by atoms with E-state index in [1.54, 1.807) is 22.6 Å². The number of nitrogens with one attached hydrogen (secondary N) is 7. The topological polar surface area (TPSA) is 288 Å². The Morgan fingerprint density at radius 2 is 1.64 bits per heavy atom. The van der Waals surface area contributed by atoms with E-state index in [1.807, 2.05) is 0 Å². The van der Waals surface area contributed by atoms with Gasteiger partial charge in [0.1, 0.15) is 33.7 Å². The van der Waals surface area contributed by atoms with E-state index in [9.17, 15) is 43.5 Å². The number of benzene rings is 1. The first-order chi connectivity index (χ1) is 20.7. The van der Waals surface area contributed by atoms with Gasteiger partial charge in [-0.3, -0.25) is 34.2 Å². The van der Waals surface area contributed by atoms with Crippen molar-refractivity contribution in [2.75, 3.05) is 24.6 Å². The van der Waals surface area contributed by atoms with Crippen LogP contribution in [-0.4, -0.2) is 103 Å². The molecule has 1 saturated heterocycles. The Balaban J connectivity index is 2.35. The fourth-order valence-electron chi connectivity index (χ4n) is 3.97. The quantitative estimate of drug-likeness (QED) is 0.0241. The van der Waals surface area contributed by atoms with Gasteiger partial charge in [0.05, 0.1) is 13.0 Å². The van der Waals surface area contributed by atoms with Crippen molar-refractivity contribution in [3.63, 3.8) is 0 Å². The summed E-state index contributed by atoms with van der Waals surface area (Å²) in [6.07, 6.45) is -0.561. The molecule has 11 N–H and O–H groups in total. The van der Waals surface area contributed by atoms with Crippen LogP contribution in [-0.2, 0) is 46.4 Å². The number of alkyl halides is 1. The lowest BCUT2D eigenvalue weighted by molar-refractivity contribution is -0.140. The number of carbonyl (C=O) groups excluding carboxylic acids is 5. The highest BCUT2D eigenvalue weighted by Gasteiger charge is 2.31. The Morgan fingerprint density at radius 3 is 2.27 bits per heavy atom. The van der Waals surface area contributed by atoms with Crippen LogP contribution in [0.2, 0.25) is 0 Å². The number of hydrogen-bond acceptors (Lipinski definition) is 9. The number of phenols is 1. The van der Waals surface area contributed by atoms with Crippen molar-refractivity contribution in [3.05, 3.63) is 29.8 Å². The number of aromatic hydroxyl groups is 1. The van der Waals surface area contributed by atoms with Gasteiger partial charge in [0.15, 0.2) is 11.7 Å². The Hall–Kier alpha value is -3.85. The van der Waals surface area contributed by atoms with E-state index in [-0.39, 0.29) is 43.3 Å². The van der Waals surface area contributed by atoms with Gasteiger partial charge in [-0.25, -0.2) is 0 Å². The molecule has 0 radical (unpaired) electrons. The summed E-state index contributed by atoms with van der Waals surface area (Å²) in [5, 5.41) is 40.8. The highest BCUT2D eigenvalue weighted by molar-refractivity contribution is 14.1. The maximum absolute atomic E-state index is 13.4. The minimum absolute atomic E-state index is 0.0167. The van der Waals surface area contributed by atoms with Crippen molar-refractivity contribution in [1.82, 2.24) is 31.9 Å². The number of aliphatic carboxylic acids is 1. The summed E-state index contributed by atoms with van der Waals surface area (Å²) >= 11 is -0.0827. The van der Waals surface area contributed by atoms with Crippen LogP contribution in [0.4, 0.5) is 0 Å². The number of nitrogens with two attached hydrogens (primary N) is 1. The van der Waals surface area contributed by atoms with Gasteiger partial charge in [0.2, 0.25) is 23.6 Å². The Morgan fingerprint density at radius 1 is 1.00 bits per heavy atom. The monoisotopic (exact) mass is 750 g/mol. The third kappa shape index (κ3) is 13.6. The zero-order valence-corrected chi connectivity index (χ0v) is 26.4. The van der Waals surface area contributed by atoms with Gasteiger partial charge in [-0.15, -0.1) is 0 Å². The number of guanidine groups is 1. The second-order valence-corrected chi connectivity index (χ2v) is 12.7. The molecule has 0 spiro atoms. The van der Waals surface area contributed by atoms with Gasteiger partial charge < -0.3 is 52.4 Å². The smallest absolute Gasteiger partial charge is 0.305 e. The maximum atomic E-state index is 13.4. The van der Waals surface area contributed by atoms with Crippen molar-refractivity contribution in [2.45, 2.75) is 47.9 Å². The van der Waals surface area contributed by atoms with E-state index in [2.05, 4.69) is 31.9 Å². The van der Waals surface area contributed by atoms with E-state index in [0.717, 1.165) is 0 Å². The van der Waals surface area contributed by atoms with Crippen molar-refractivity contribution in [3.8, 4) is 5.75 Å². The van der Waals surface area contributed by atoms with E-state index in [0.29, 0.717) is 5.56 Å². The zero-order chi connectivity index (χ0) is 32.8. The molecule has 1 heterocycles. The van der Waals surface area contributed by atoms with Gasteiger partial charge in [-0.05, 0) is 41.7 Å². The molecule has 19 heteroatoms. The molecule has 1 aliphatic heterocycles. The zero-order valence-electron chi connectivity index (χ0n) is 23.4. The molecular formula is C25H35IN8O9S. The molecule has 5 amide bonds. The van der Waals surface area contributed by atoms with Crippen LogP contribution in [0.1, 0.15) is 24.8 Å². The fraction of sp³-hybridized carbons (Fsp3) is 0.480. The predicted molar refractivity (Wildman–Crippen MR) is 166 cm³/mol. The van der Waals surface area contributed by atoms with Crippen LogP contribution in [0.25, 0.3) is 0 Å². The van der Waals surface area contributed by atoms with Gasteiger partial charge in [-0.2, -0.15) is 0 Å². The van der Waals surface area contributed by atoms with E-state index in [4.69, 9.17) is 11.1 Å². The van der Waals surface area contributed by atoms with Crippen LogP contribution >= 0.6 is 22.6 Å². The minimum Gasteiger partial charge on any atom is -0.616 e. The average molecular weight is 751 g/mol. The lowest BCUT2D eigenvalue weighted by Crippen LogP contribution is -2.57. The second-order valence-electron chi connectivity index (χ2n) is 9.70. The number of carboxylic acids is 1. The predicted octanol–water partition coefficient (Wildman–Crippen LogP) is -3.12. The number of carboxylic acid groups (broad SMARTS) is 1. The number of hydrogen-bond donors (Lipinski definition) is 10. The molecule has 0 saturated carbocycles. The third-order valence-corrected chi connectivity index (χ3v) is 8.66. The molecule has 17 nitrogen and oxygen atoms in total. The molecule has 1 aromatic carbocycles. The fourth-order valence-corrected chi connectivity index (χ4v) is 6.38. The summed E-state index contributed by atoms with van der Waals surface area (Å²) < 4.78 is 11.9. The molecule has 2 rings (SSSR count). The molecule has 1 aliphatic rings. The van der Waals surface area contributed by atoms with Crippen LogP contribution < -0.4 is 37.6 Å². The number of carbonyl (C=O) groups is 6. The first-order valence-electron chi connectivity index (χ1n) is 13.3. The Labute approximate surface area is 269 Å². The number of amides is 5. The highest BCUT2D eigenvalue weighted by Crippen LogP contribution is 2.12. The second kappa shape index (κ2) is 18.1. The lowest BCUT2D eigenvalue weighted by atomic mass is 10.0. The van der Waals surface area contributed by atoms with Crippen molar-refractivity contribution in [1.29, 1.82) is 5.41 Å². The van der Waals surface area contributed by atoms with Crippen LogP contribution in [0, 0.1) is 5.41 Å². The van der Waals surface area contributed by atoms with Crippen LogP contribution in [0.5, 0.6) is 5.75 Å². The van der Waals surface area contributed by atoms with Gasteiger partial charge in [0, 0.05) is 13.0 Å². The SMILES string of the molecule is N=C(N)NCCC[C@@H]1NC(=O)[C@@H](Cc2ccc(O)cc2)NC(=O)C[S+]([O-])C[C@@H](I)NC(=O)[C@H](CC(=O)O)NC(=O)CNC1=O. The average Bonchev–Trinajstić information content (AvgIpc) is 2.92. The molecule has 1 fully saturated rings. The van der Waals surface area contributed by atoms with Crippen molar-refractivity contribution >= 4 is 75.2 Å². The lowest BCUT2D eigenvalue weighted by Gasteiger charge is -2.25. The van der Waals surface area contributed by atoms with Gasteiger partial charge in [0.25, 0.3) is 5.91 Å². The van der Waals surface area contributed by atoms with Crippen molar-refractivity contribution < 1.29 is 43.5 Å². The van der Waals surface area contributed by atoms with Crippen LogP contribution in [0.15, 0.2) is 24.3 Å². The standard InChI is InChI=1S/C25H35IN8O9S/c26-18-11-44(43)12-20(37)32-16(8-13-3-5-14(35)6-4-13)23(41)33-15(2-1-7-29-25(27)28)22(40)30-10-19(36)31-17(9-21(38)39)24(42)34-18/h3-6,15-18,35H,1-2,7-12H2,(H,30,40)(H,31,36)(H,32,37)(H,33,41)(H,34,42)(H,38,39)(H4,27,28,29)/t15-,16+,17-,18-,44?/m0/s1. The number of rotatable bonds is 8. The molecule has 1 aromatic rings. The van der Waals surface area contributed by atoms with E-state index < -0.39 is 87.6 Å². The summed E-state index contributed by atoms with van der Waals surface area (Å²) in [6.45, 7) is -0.482. The maximum Gasteiger partial charge on any atom is 0.305 e. The molecule has 44 heavy (non-hydrogen) atoms. The molecular weight excluding hydrogens is 715 g/mol. The molecule has 0 aliphatic carbocycles. The van der Waals surface area contributed by atoms with E-state index in [1.165, 1.54) is 24.3 Å². The third-order valence-electron chi connectivity index (χ3n) is 6.02. The van der Waals surface area contributed by atoms with E-state index >= 15 is 0 Å². The number of phenolic OH excluding ortho intramolecular Hbond substituents is 1. The van der Waals surface area contributed by atoms with Gasteiger partial charge >= 0.3 is 5.97 Å². The summed E-state index contributed by atoms with van der Waals surface area (Å²) in [4.78, 5) is 75.9. The largest absolute Gasteiger partial charge is 0.616 e. The Kier molecular flexibility index (Phi) is 14.9. The molecule has 1 unspecified atom stereocenters. The summed E-state index contributed by atoms with van der Waals surface area (Å²) in [5.74, 6) is -6.49. The summed E-state index contributed by atoms with van der Waals surface area (Å²) in [6, 6.07) is 1.89. The molecule has 0 bridgehead atoms. The molecule has 5 atom stereocenters. The first kappa shape index (κ1) is 36.3. The number of halogens is 1. The summed E-state index contributed by atoms with van der Waals surface area (Å²) in [7, 11) is 0. The van der Waals surface area contributed by atoms with Gasteiger partial charge in [-0.1, -0.05) is 34.7 Å². The highest BCUT2D eigenvalue weighted by atomic mass is 127. The minimum atomic E-state index is -1.83. The van der Waals surface area contributed by atoms with Crippen molar-refractivity contribution in [2.24, 2.45) is 5.73 Å². The summed E-state index contributed by atoms with van der Waals surface area (Å²) in [5.41, 5.74) is 5.84. The normalized spacial score (nSPS) is 24.3. The molecule has 242 valence electrons.